The van der Waals surface area contributed by atoms with Gasteiger partial charge in [0.15, 0.2) is 0 Å². The standard InChI is InChI=1S/C17H15NO/c1-14-5-2-3-7-16(14)13-19-17-10-8-15(9-11-17)6-4-12-18/h2-11H,13H2,1H3/b6-4+. The van der Waals surface area contributed by atoms with Gasteiger partial charge in [-0.05, 0) is 41.8 Å². The number of nitriles is 1. The Morgan fingerprint density at radius 1 is 1.11 bits per heavy atom. The van der Waals surface area contributed by atoms with Crippen molar-refractivity contribution < 1.29 is 4.74 Å². The van der Waals surface area contributed by atoms with E-state index in [1.54, 1.807) is 6.08 Å². The normalized spacial score (nSPS) is 10.3. The highest BCUT2D eigenvalue weighted by atomic mass is 16.5. The van der Waals surface area contributed by atoms with E-state index in [2.05, 4.69) is 19.1 Å². The zero-order valence-electron chi connectivity index (χ0n) is 10.8. The van der Waals surface area contributed by atoms with Crippen LogP contribution in [0.1, 0.15) is 16.7 Å². The predicted molar refractivity (Wildman–Crippen MR) is 76.6 cm³/mol. The first-order valence-electron chi connectivity index (χ1n) is 6.13. The van der Waals surface area contributed by atoms with E-state index in [4.69, 9.17) is 10.00 Å². The number of hydrogen-bond acceptors (Lipinski definition) is 2. The molecule has 0 aliphatic carbocycles. The van der Waals surface area contributed by atoms with Crippen molar-refractivity contribution in [3.05, 3.63) is 71.3 Å². The van der Waals surface area contributed by atoms with Crippen LogP contribution in [0.5, 0.6) is 5.75 Å². The van der Waals surface area contributed by atoms with Crippen LogP contribution in [0.2, 0.25) is 0 Å². The summed E-state index contributed by atoms with van der Waals surface area (Å²) in [5.74, 6) is 0.831. The maximum absolute atomic E-state index is 8.46. The van der Waals surface area contributed by atoms with Crippen molar-refractivity contribution in [3.8, 4) is 11.8 Å². The molecule has 0 saturated heterocycles. The predicted octanol–water partition coefficient (Wildman–Crippen LogP) is 4.11. The minimum absolute atomic E-state index is 0.569. The minimum atomic E-state index is 0.569. The summed E-state index contributed by atoms with van der Waals surface area (Å²) in [6.07, 6.45) is 3.23. The highest BCUT2D eigenvalue weighted by Gasteiger charge is 1.98. The van der Waals surface area contributed by atoms with E-state index in [0.717, 1.165) is 11.3 Å². The number of nitrogens with zero attached hydrogens (tertiary/aromatic N) is 1. The molecule has 0 saturated carbocycles. The highest BCUT2D eigenvalue weighted by Crippen LogP contribution is 2.16. The van der Waals surface area contributed by atoms with Gasteiger partial charge in [-0.15, -0.1) is 0 Å². The third-order valence-electron chi connectivity index (χ3n) is 2.89. The molecule has 0 aliphatic rings. The average molecular weight is 249 g/mol. The van der Waals surface area contributed by atoms with Gasteiger partial charge in [-0.2, -0.15) is 5.26 Å². The first-order valence-corrected chi connectivity index (χ1v) is 6.13. The summed E-state index contributed by atoms with van der Waals surface area (Å²) in [5.41, 5.74) is 3.41. The molecule has 0 aliphatic heterocycles. The van der Waals surface area contributed by atoms with Crippen LogP contribution >= 0.6 is 0 Å². The van der Waals surface area contributed by atoms with Crippen molar-refractivity contribution in [3.63, 3.8) is 0 Å². The molecule has 94 valence electrons. The van der Waals surface area contributed by atoms with Crippen LogP contribution in [0.15, 0.2) is 54.6 Å². The molecule has 2 aromatic carbocycles. The number of hydrogen-bond donors (Lipinski definition) is 0. The van der Waals surface area contributed by atoms with Crippen LogP contribution in [0.4, 0.5) is 0 Å². The van der Waals surface area contributed by atoms with Crippen LogP contribution in [-0.4, -0.2) is 0 Å². The van der Waals surface area contributed by atoms with Gasteiger partial charge in [0.25, 0.3) is 0 Å². The van der Waals surface area contributed by atoms with Gasteiger partial charge in [0, 0.05) is 6.08 Å². The third-order valence-corrected chi connectivity index (χ3v) is 2.89. The summed E-state index contributed by atoms with van der Waals surface area (Å²) in [7, 11) is 0. The van der Waals surface area contributed by atoms with Gasteiger partial charge in [0.1, 0.15) is 12.4 Å². The summed E-state index contributed by atoms with van der Waals surface area (Å²) >= 11 is 0. The van der Waals surface area contributed by atoms with Gasteiger partial charge in [0.2, 0.25) is 0 Å². The second-order valence-electron chi connectivity index (χ2n) is 4.25. The molecule has 0 aromatic heterocycles. The fourth-order valence-corrected chi connectivity index (χ4v) is 1.74. The van der Waals surface area contributed by atoms with Crippen molar-refractivity contribution in [2.45, 2.75) is 13.5 Å². The zero-order valence-corrected chi connectivity index (χ0v) is 10.8. The van der Waals surface area contributed by atoms with Crippen molar-refractivity contribution in [2.75, 3.05) is 0 Å². The van der Waals surface area contributed by atoms with Crippen molar-refractivity contribution in [1.82, 2.24) is 0 Å². The molecule has 0 bridgehead atoms. The van der Waals surface area contributed by atoms with Crippen molar-refractivity contribution in [1.29, 1.82) is 5.26 Å². The SMILES string of the molecule is Cc1ccccc1COc1ccc(/C=C/C#N)cc1. The Balaban J connectivity index is 1.99. The van der Waals surface area contributed by atoms with Crippen LogP contribution < -0.4 is 4.74 Å². The summed E-state index contributed by atoms with van der Waals surface area (Å²) in [6.45, 7) is 2.65. The van der Waals surface area contributed by atoms with E-state index < -0.39 is 0 Å². The van der Waals surface area contributed by atoms with E-state index in [1.165, 1.54) is 17.2 Å². The van der Waals surface area contributed by atoms with E-state index in [0.29, 0.717) is 6.61 Å². The number of ether oxygens (including phenoxy) is 1. The van der Waals surface area contributed by atoms with Crippen LogP contribution in [0.3, 0.4) is 0 Å². The largest absolute Gasteiger partial charge is 0.489 e. The molecule has 0 unspecified atom stereocenters. The van der Waals surface area contributed by atoms with E-state index in [1.807, 2.05) is 42.5 Å². The molecule has 0 N–H and O–H groups in total. The summed E-state index contributed by atoms with van der Waals surface area (Å²) in [4.78, 5) is 0. The van der Waals surface area contributed by atoms with Crippen LogP contribution in [0, 0.1) is 18.3 Å². The van der Waals surface area contributed by atoms with E-state index in [9.17, 15) is 0 Å². The van der Waals surface area contributed by atoms with Gasteiger partial charge in [0.05, 0.1) is 6.07 Å². The molecule has 2 aromatic rings. The fourth-order valence-electron chi connectivity index (χ4n) is 1.74. The van der Waals surface area contributed by atoms with E-state index in [-0.39, 0.29) is 0 Å². The quantitative estimate of drug-likeness (QED) is 0.764. The van der Waals surface area contributed by atoms with Gasteiger partial charge in [-0.25, -0.2) is 0 Å². The minimum Gasteiger partial charge on any atom is -0.489 e. The lowest BCUT2D eigenvalue weighted by Crippen LogP contribution is -1.97. The van der Waals surface area contributed by atoms with Gasteiger partial charge in [-0.3, -0.25) is 0 Å². The third kappa shape index (κ3) is 3.72. The lowest BCUT2D eigenvalue weighted by atomic mass is 10.1. The lowest BCUT2D eigenvalue weighted by Gasteiger charge is -2.08. The molecule has 2 heteroatoms. The smallest absolute Gasteiger partial charge is 0.119 e. The summed E-state index contributed by atoms with van der Waals surface area (Å²) in [6, 6.07) is 17.8. The maximum Gasteiger partial charge on any atom is 0.119 e. The Labute approximate surface area is 113 Å². The molecule has 0 atom stereocenters. The molecule has 0 radical (unpaired) electrons. The van der Waals surface area contributed by atoms with Crippen molar-refractivity contribution >= 4 is 6.08 Å². The molecular formula is C17H15NO. The van der Waals surface area contributed by atoms with E-state index >= 15 is 0 Å². The molecule has 0 spiro atoms. The number of aryl methyl sites for hydroxylation is 1. The number of benzene rings is 2. The van der Waals surface area contributed by atoms with Gasteiger partial charge >= 0.3 is 0 Å². The van der Waals surface area contributed by atoms with Crippen LogP contribution in [0.25, 0.3) is 6.08 Å². The maximum atomic E-state index is 8.46. The number of rotatable bonds is 4. The Kier molecular flexibility index (Phi) is 4.36. The summed E-state index contributed by atoms with van der Waals surface area (Å²) < 4.78 is 5.74. The number of allylic oxidation sites excluding steroid dienone is 1. The first-order chi connectivity index (χ1) is 9.29. The van der Waals surface area contributed by atoms with Crippen molar-refractivity contribution in [2.24, 2.45) is 0 Å². The molecule has 0 amide bonds. The van der Waals surface area contributed by atoms with Gasteiger partial charge < -0.3 is 4.74 Å². The Morgan fingerprint density at radius 2 is 1.84 bits per heavy atom. The first kappa shape index (κ1) is 12.9. The monoisotopic (exact) mass is 249 g/mol. The molecule has 0 fully saturated rings. The molecule has 19 heavy (non-hydrogen) atoms. The molecule has 2 rings (SSSR count). The molecule has 0 heterocycles. The Bertz CT molecular complexity index is 606. The topological polar surface area (TPSA) is 33.0 Å². The average Bonchev–Trinajstić information content (AvgIpc) is 2.45. The fraction of sp³-hybridized carbons (Fsp3) is 0.118. The highest BCUT2D eigenvalue weighted by molar-refractivity contribution is 5.52. The second kappa shape index (κ2) is 6.42. The molecular weight excluding hydrogens is 234 g/mol. The van der Waals surface area contributed by atoms with Crippen LogP contribution in [-0.2, 0) is 6.61 Å². The molecule has 2 nitrogen and oxygen atoms in total. The summed E-state index contributed by atoms with van der Waals surface area (Å²) in [5, 5.41) is 8.46. The Hall–Kier alpha value is -2.53. The zero-order chi connectivity index (χ0) is 13.5. The van der Waals surface area contributed by atoms with Gasteiger partial charge in [-0.1, -0.05) is 36.4 Å². The lowest BCUT2D eigenvalue weighted by molar-refractivity contribution is 0.305. The Morgan fingerprint density at radius 3 is 2.53 bits per heavy atom. The second-order valence-corrected chi connectivity index (χ2v) is 4.25.